The first-order valence-corrected chi connectivity index (χ1v) is 8.40. The first-order chi connectivity index (χ1) is 10.0. The molecule has 21 heavy (non-hydrogen) atoms. The van der Waals surface area contributed by atoms with Crippen molar-refractivity contribution in [3.63, 3.8) is 0 Å². The second-order valence-electron chi connectivity index (χ2n) is 5.75. The van der Waals surface area contributed by atoms with Crippen molar-refractivity contribution in [2.75, 3.05) is 25.1 Å². The zero-order chi connectivity index (χ0) is 15.3. The van der Waals surface area contributed by atoms with Gasteiger partial charge in [-0.1, -0.05) is 0 Å². The molecule has 118 valence electrons. The van der Waals surface area contributed by atoms with Crippen LogP contribution >= 0.6 is 11.3 Å². The van der Waals surface area contributed by atoms with E-state index in [4.69, 9.17) is 9.47 Å². The summed E-state index contributed by atoms with van der Waals surface area (Å²) in [7, 11) is 0. The number of carbonyl (C=O) groups is 1. The molecule has 0 aliphatic carbocycles. The number of hydrogen-bond acceptors (Lipinski definition) is 6. The van der Waals surface area contributed by atoms with Crippen LogP contribution in [0.25, 0.3) is 0 Å². The number of nitrogens with zero attached hydrogens (tertiary/aromatic N) is 1. The summed E-state index contributed by atoms with van der Waals surface area (Å²) in [5.41, 5.74) is 0.0337. The molecule has 1 atom stereocenters. The van der Waals surface area contributed by atoms with E-state index in [0.29, 0.717) is 6.61 Å². The van der Waals surface area contributed by atoms with Crippen molar-refractivity contribution in [2.45, 2.75) is 51.6 Å². The normalized spacial score (nSPS) is 19.3. The minimum Gasteiger partial charge on any atom is -0.465 e. The monoisotopic (exact) mass is 312 g/mol. The molecule has 1 aromatic rings. The third kappa shape index (κ3) is 4.17. The van der Waals surface area contributed by atoms with Gasteiger partial charge in [0.15, 0.2) is 5.13 Å². The summed E-state index contributed by atoms with van der Waals surface area (Å²) in [5, 5.41) is 6.06. The Kier molecular flexibility index (Phi) is 5.58. The molecule has 1 aromatic heterocycles. The molecule has 1 aliphatic rings. The van der Waals surface area contributed by atoms with Gasteiger partial charge in [0, 0.05) is 18.5 Å². The number of rotatable bonds is 6. The maximum absolute atomic E-state index is 12.0. The van der Waals surface area contributed by atoms with Crippen LogP contribution in [-0.2, 0) is 19.7 Å². The van der Waals surface area contributed by atoms with Gasteiger partial charge >= 0.3 is 5.97 Å². The molecule has 1 N–H and O–H groups in total. The fraction of sp³-hybridized carbons (Fsp3) is 0.733. The third-order valence-corrected chi connectivity index (χ3v) is 4.49. The van der Waals surface area contributed by atoms with Gasteiger partial charge in [-0.3, -0.25) is 4.79 Å². The SMILES string of the molecule is CCOC(=O)C(C)(C)c1csc(NCC2CCCCO2)n1. The highest BCUT2D eigenvalue weighted by Crippen LogP contribution is 2.28. The number of esters is 1. The zero-order valence-corrected chi connectivity index (χ0v) is 13.8. The van der Waals surface area contributed by atoms with E-state index in [1.165, 1.54) is 17.8 Å². The second kappa shape index (κ2) is 7.22. The van der Waals surface area contributed by atoms with Crippen LogP contribution in [0.4, 0.5) is 5.13 Å². The number of ether oxygens (including phenoxy) is 2. The maximum atomic E-state index is 12.0. The smallest absolute Gasteiger partial charge is 0.317 e. The molecule has 0 saturated carbocycles. The minimum atomic E-state index is -0.715. The third-order valence-electron chi connectivity index (χ3n) is 3.69. The number of aromatic nitrogens is 1. The van der Waals surface area contributed by atoms with Gasteiger partial charge in [0.25, 0.3) is 0 Å². The van der Waals surface area contributed by atoms with Crippen LogP contribution in [0.5, 0.6) is 0 Å². The van der Waals surface area contributed by atoms with Crippen LogP contribution in [0.2, 0.25) is 0 Å². The average molecular weight is 312 g/mol. The quantitative estimate of drug-likeness (QED) is 0.818. The minimum absolute atomic E-state index is 0.238. The van der Waals surface area contributed by atoms with Gasteiger partial charge in [0.05, 0.1) is 18.4 Å². The van der Waals surface area contributed by atoms with E-state index in [1.807, 2.05) is 26.2 Å². The van der Waals surface area contributed by atoms with Gasteiger partial charge < -0.3 is 14.8 Å². The molecule has 0 bridgehead atoms. The molecule has 2 heterocycles. The highest BCUT2D eigenvalue weighted by molar-refractivity contribution is 7.13. The summed E-state index contributed by atoms with van der Waals surface area (Å²) in [6, 6.07) is 0. The molecule has 0 spiro atoms. The van der Waals surface area contributed by atoms with Gasteiger partial charge in [0.1, 0.15) is 5.41 Å². The molecule has 0 aromatic carbocycles. The highest BCUT2D eigenvalue weighted by Gasteiger charge is 2.34. The molecule has 1 aliphatic heterocycles. The van der Waals surface area contributed by atoms with Crippen LogP contribution in [0.15, 0.2) is 5.38 Å². The van der Waals surface area contributed by atoms with Crippen LogP contribution < -0.4 is 5.32 Å². The summed E-state index contributed by atoms with van der Waals surface area (Å²) in [5.74, 6) is -0.238. The summed E-state index contributed by atoms with van der Waals surface area (Å²) >= 11 is 1.51. The van der Waals surface area contributed by atoms with Gasteiger partial charge in [-0.2, -0.15) is 0 Å². The maximum Gasteiger partial charge on any atom is 0.317 e. The van der Waals surface area contributed by atoms with Crippen molar-refractivity contribution in [2.24, 2.45) is 0 Å². The Morgan fingerprint density at radius 2 is 2.38 bits per heavy atom. The second-order valence-corrected chi connectivity index (χ2v) is 6.61. The lowest BCUT2D eigenvalue weighted by molar-refractivity contribution is -0.148. The lowest BCUT2D eigenvalue weighted by Gasteiger charge is -2.22. The van der Waals surface area contributed by atoms with Crippen molar-refractivity contribution in [1.82, 2.24) is 4.98 Å². The van der Waals surface area contributed by atoms with Crippen LogP contribution in [0, 0.1) is 0 Å². The van der Waals surface area contributed by atoms with Crippen molar-refractivity contribution in [3.8, 4) is 0 Å². The summed E-state index contributed by atoms with van der Waals surface area (Å²) in [6.45, 7) is 7.50. The fourth-order valence-electron chi connectivity index (χ4n) is 2.23. The van der Waals surface area contributed by atoms with E-state index < -0.39 is 5.41 Å². The lowest BCUT2D eigenvalue weighted by atomic mass is 9.90. The molecular formula is C15H24N2O3S. The van der Waals surface area contributed by atoms with Crippen LogP contribution in [-0.4, -0.2) is 36.8 Å². The Morgan fingerprint density at radius 1 is 1.57 bits per heavy atom. The molecule has 0 amide bonds. The number of thiazole rings is 1. The van der Waals surface area contributed by atoms with Crippen molar-refractivity contribution < 1.29 is 14.3 Å². The lowest BCUT2D eigenvalue weighted by Crippen LogP contribution is -2.31. The molecule has 0 radical (unpaired) electrons. The van der Waals surface area contributed by atoms with Crippen LogP contribution in [0.1, 0.15) is 45.7 Å². The molecule has 5 nitrogen and oxygen atoms in total. The Morgan fingerprint density at radius 3 is 3.05 bits per heavy atom. The van der Waals surface area contributed by atoms with Gasteiger partial charge in [-0.15, -0.1) is 11.3 Å². The fourth-order valence-corrected chi connectivity index (χ4v) is 3.12. The first kappa shape index (κ1) is 16.2. The molecule has 1 fully saturated rings. The van der Waals surface area contributed by atoms with Crippen molar-refractivity contribution in [3.05, 3.63) is 11.1 Å². The molecule has 1 unspecified atom stereocenters. The molecule has 6 heteroatoms. The number of nitrogens with one attached hydrogen (secondary N) is 1. The van der Waals surface area contributed by atoms with Gasteiger partial charge in [-0.25, -0.2) is 4.98 Å². The topological polar surface area (TPSA) is 60.5 Å². The first-order valence-electron chi connectivity index (χ1n) is 7.52. The largest absolute Gasteiger partial charge is 0.465 e. The molecule has 1 saturated heterocycles. The van der Waals surface area contributed by atoms with E-state index in [1.54, 1.807) is 0 Å². The van der Waals surface area contributed by atoms with Gasteiger partial charge in [0.2, 0.25) is 0 Å². The van der Waals surface area contributed by atoms with E-state index in [-0.39, 0.29) is 12.1 Å². The van der Waals surface area contributed by atoms with E-state index in [0.717, 1.165) is 36.8 Å². The number of hydrogen-bond donors (Lipinski definition) is 1. The average Bonchev–Trinajstić information content (AvgIpc) is 2.96. The molecule has 2 rings (SSSR count). The highest BCUT2D eigenvalue weighted by atomic mass is 32.1. The molecular weight excluding hydrogens is 288 g/mol. The summed E-state index contributed by atoms with van der Waals surface area (Å²) in [4.78, 5) is 16.5. The summed E-state index contributed by atoms with van der Waals surface area (Å²) < 4.78 is 10.8. The summed E-state index contributed by atoms with van der Waals surface area (Å²) in [6.07, 6.45) is 3.75. The Bertz CT molecular complexity index is 467. The van der Waals surface area contributed by atoms with Gasteiger partial charge in [-0.05, 0) is 40.0 Å². The van der Waals surface area contributed by atoms with Crippen molar-refractivity contribution in [1.29, 1.82) is 0 Å². The Hall–Kier alpha value is -1.14. The predicted octanol–water partition coefficient (Wildman–Crippen LogP) is 2.96. The zero-order valence-electron chi connectivity index (χ0n) is 13.0. The Labute approximate surface area is 130 Å². The number of anilines is 1. The van der Waals surface area contributed by atoms with E-state index in [9.17, 15) is 4.79 Å². The standard InChI is InChI=1S/C15H24N2O3S/c1-4-19-13(18)15(2,3)12-10-21-14(17-12)16-9-11-7-5-6-8-20-11/h10-11H,4-9H2,1-3H3,(H,16,17). The predicted molar refractivity (Wildman–Crippen MR) is 83.9 cm³/mol. The van der Waals surface area contributed by atoms with Crippen LogP contribution in [0.3, 0.4) is 0 Å². The number of carbonyl (C=O) groups excluding carboxylic acids is 1. The van der Waals surface area contributed by atoms with Crippen molar-refractivity contribution >= 4 is 22.4 Å². The van der Waals surface area contributed by atoms with E-state index in [2.05, 4.69) is 10.3 Å². The Balaban J connectivity index is 1.92. The van der Waals surface area contributed by atoms with E-state index >= 15 is 0 Å².